The lowest BCUT2D eigenvalue weighted by atomic mass is 9.94. The highest BCUT2D eigenvalue weighted by atomic mass is 19.4. The first-order valence-corrected chi connectivity index (χ1v) is 5.96. The van der Waals surface area contributed by atoms with Crippen molar-refractivity contribution in [2.24, 2.45) is 11.8 Å². The lowest BCUT2D eigenvalue weighted by Gasteiger charge is -2.18. The molecule has 0 spiro atoms. The lowest BCUT2D eigenvalue weighted by molar-refractivity contribution is -0.172. The largest absolute Gasteiger partial charge is 0.391 e. The number of hydrogen-bond donors (Lipinski definition) is 0. The van der Waals surface area contributed by atoms with Gasteiger partial charge in [-0.1, -0.05) is 19.9 Å². The summed E-state index contributed by atoms with van der Waals surface area (Å²) >= 11 is 0. The maximum atomic E-state index is 12.4. The maximum absolute atomic E-state index is 12.4. The van der Waals surface area contributed by atoms with Gasteiger partial charge in [-0.15, -0.1) is 0 Å². The van der Waals surface area contributed by atoms with E-state index in [1.165, 1.54) is 6.92 Å². The zero-order valence-electron chi connectivity index (χ0n) is 10.8. The quantitative estimate of drug-likeness (QED) is 0.761. The highest BCUT2D eigenvalue weighted by Gasteiger charge is 2.36. The first-order valence-electron chi connectivity index (χ1n) is 5.96. The van der Waals surface area contributed by atoms with Gasteiger partial charge in [-0.05, 0) is 42.5 Å². The zero-order chi connectivity index (χ0) is 13.8. The SMILES string of the molecule is CC(=CC(C)CC(C)C(F)(F)F)c1ccncc1. The predicted octanol–water partition coefficient (Wildman–Crippen LogP) is 4.71. The third-order valence-corrected chi connectivity index (χ3v) is 2.95. The smallest absolute Gasteiger partial charge is 0.265 e. The van der Waals surface area contributed by atoms with Crippen molar-refractivity contribution in [3.05, 3.63) is 36.2 Å². The van der Waals surface area contributed by atoms with Crippen molar-refractivity contribution >= 4 is 5.57 Å². The molecular weight excluding hydrogens is 239 g/mol. The van der Waals surface area contributed by atoms with E-state index in [-0.39, 0.29) is 12.3 Å². The molecule has 4 heteroatoms. The van der Waals surface area contributed by atoms with Gasteiger partial charge in [-0.3, -0.25) is 4.98 Å². The predicted molar refractivity (Wildman–Crippen MR) is 66.9 cm³/mol. The highest BCUT2D eigenvalue weighted by molar-refractivity contribution is 5.63. The summed E-state index contributed by atoms with van der Waals surface area (Å²) in [7, 11) is 0. The van der Waals surface area contributed by atoms with Crippen LogP contribution in [0.25, 0.3) is 5.57 Å². The van der Waals surface area contributed by atoms with Gasteiger partial charge in [-0.25, -0.2) is 0 Å². The molecular formula is C14H18F3N. The number of rotatable bonds is 4. The number of pyridine rings is 1. The normalized spacial score (nSPS) is 16.4. The van der Waals surface area contributed by atoms with Gasteiger partial charge in [0.2, 0.25) is 0 Å². The molecule has 0 aliphatic carbocycles. The Balaban J connectivity index is 2.67. The molecule has 0 fully saturated rings. The van der Waals surface area contributed by atoms with E-state index in [1.54, 1.807) is 12.4 Å². The van der Waals surface area contributed by atoms with Crippen molar-refractivity contribution < 1.29 is 13.2 Å². The van der Waals surface area contributed by atoms with E-state index in [0.717, 1.165) is 11.1 Å². The second-order valence-electron chi connectivity index (χ2n) is 4.74. The fourth-order valence-electron chi connectivity index (χ4n) is 1.90. The van der Waals surface area contributed by atoms with Crippen molar-refractivity contribution in [1.82, 2.24) is 4.98 Å². The molecule has 0 saturated carbocycles. The molecule has 0 aliphatic rings. The molecule has 0 bridgehead atoms. The van der Waals surface area contributed by atoms with E-state index in [4.69, 9.17) is 0 Å². The minimum atomic E-state index is -4.10. The van der Waals surface area contributed by atoms with Crippen LogP contribution in [-0.4, -0.2) is 11.2 Å². The molecule has 0 radical (unpaired) electrons. The first kappa shape index (κ1) is 14.7. The summed E-state index contributed by atoms with van der Waals surface area (Å²) in [5, 5.41) is 0. The number of allylic oxidation sites excluding steroid dienone is 2. The van der Waals surface area contributed by atoms with E-state index in [2.05, 4.69) is 4.98 Å². The Morgan fingerprint density at radius 1 is 1.28 bits per heavy atom. The van der Waals surface area contributed by atoms with Gasteiger partial charge in [-0.2, -0.15) is 13.2 Å². The standard InChI is InChI=1S/C14H18F3N/c1-10(9-12(3)14(15,16)17)8-11(2)13-4-6-18-7-5-13/h4-8,10,12H,9H2,1-3H3. The summed E-state index contributed by atoms with van der Waals surface area (Å²) in [6.07, 6.45) is 1.25. The average molecular weight is 257 g/mol. The summed E-state index contributed by atoms with van der Waals surface area (Å²) in [5.41, 5.74) is 1.98. The Morgan fingerprint density at radius 3 is 2.33 bits per heavy atom. The minimum Gasteiger partial charge on any atom is -0.265 e. The van der Waals surface area contributed by atoms with Gasteiger partial charge in [0.25, 0.3) is 0 Å². The molecule has 0 saturated heterocycles. The number of halogens is 3. The summed E-state index contributed by atoms with van der Waals surface area (Å²) in [4.78, 5) is 3.91. The Kier molecular flexibility index (Phi) is 4.93. The van der Waals surface area contributed by atoms with Gasteiger partial charge in [0.15, 0.2) is 0 Å². The summed E-state index contributed by atoms with van der Waals surface area (Å²) in [6.45, 7) is 4.95. The van der Waals surface area contributed by atoms with E-state index < -0.39 is 12.1 Å². The molecule has 0 amide bonds. The van der Waals surface area contributed by atoms with Crippen molar-refractivity contribution in [1.29, 1.82) is 0 Å². The highest BCUT2D eigenvalue weighted by Crippen LogP contribution is 2.31. The number of nitrogens with zero attached hydrogens (tertiary/aromatic N) is 1. The lowest BCUT2D eigenvalue weighted by Crippen LogP contribution is -2.21. The van der Waals surface area contributed by atoms with Crippen LogP contribution in [0.1, 0.15) is 32.8 Å². The van der Waals surface area contributed by atoms with Gasteiger partial charge in [0.05, 0.1) is 5.92 Å². The van der Waals surface area contributed by atoms with Crippen LogP contribution in [0.15, 0.2) is 30.6 Å². The van der Waals surface area contributed by atoms with Crippen molar-refractivity contribution in [2.45, 2.75) is 33.4 Å². The molecule has 1 rings (SSSR count). The first-order chi connectivity index (χ1) is 8.30. The maximum Gasteiger partial charge on any atom is 0.391 e. The Hall–Kier alpha value is -1.32. The number of aromatic nitrogens is 1. The van der Waals surface area contributed by atoms with E-state index in [1.807, 2.05) is 32.1 Å². The average Bonchev–Trinajstić information content (AvgIpc) is 2.28. The molecule has 1 heterocycles. The van der Waals surface area contributed by atoms with Crippen LogP contribution in [0.3, 0.4) is 0 Å². The Bertz CT molecular complexity index is 395. The van der Waals surface area contributed by atoms with Gasteiger partial charge in [0, 0.05) is 12.4 Å². The van der Waals surface area contributed by atoms with Crippen LogP contribution in [0, 0.1) is 11.8 Å². The minimum absolute atomic E-state index is 0.102. The van der Waals surface area contributed by atoms with Crippen molar-refractivity contribution in [3.63, 3.8) is 0 Å². The molecule has 1 nitrogen and oxygen atoms in total. The fraction of sp³-hybridized carbons (Fsp3) is 0.500. The van der Waals surface area contributed by atoms with Crippen LogP contribution in [0.4, 0.5) is 13.2 Å². The van der Waals surface area contributed by atoms with Crippen LogP contribution in [0.2, 0.25) is 0 Å². The number of alkyl halides is 3. The molecule has 100 valence electrons. The molecule has 18 heavy (non-hydrogen) atoms. The second-order valence-corrected chi connectivity index (χ2v) is 4.74. The van der Waals surface area contributed by atoms with Crippen molar-refractivity contribution in [3.8, 4) is 0 Å². The van der Waals surface area contributed by atoms with Crippen LogP contribution >= 0.6 is 0 Å². The van der Waals surface area contributed by atoms with Crippen LogP contribution < -0.4 is 0 Å². The fourth-order valence-corrected chi connectivity index (χ4v) is 1.90. The summed E-state index contributed by atoms with van der Waals surface area (Å²) < 4.78 is 37.3. The third kappa shape index (κ3) is 4.51. The molecule has 1 aromatic heterocycles. The van der Waals surface area contributed by atoms with Crippen molar-refractivity contribution in [2.75, 3.05) is 0 Å². The van der Waals surface area contributed by atoms with Gasteiger partial charge >= 0.3 is 6.18 Å². The van der Waals surface area contributed by atoms with Crippen LogP contribution in [0.5, 0.6) is 0 Å². The Morgan fingerprint density at radius 2 is 1.83 bits per heavy atom. The Labute approximate surface area is 106 Å². The molecule has 2 unspecified atom stereocenters. The summed E-state index contributed by atoms with van der Waals surface area (Å²) in [5.74, 6) is -1.37. The zero-order valence-corrected chi connectivity index (χ0v) is 10.8. The molecule has 2 atom stereocenters. The number of hydrogen-bond acceptors (Lipinski definition) is 1. The van der Waals surface area contributed by atoms with E-state index in [0.29, 0.717) is 0 Å². The van der Waals surface area contributed by atoms with Gasteiger partial charge in [0.1, 0.15) is 0 Å². The van der Waals surface area contributed by atoms with E-state index >= 15 is 0 Å². The van der Waals surface area contributed by atoms with Gasteiger partial charge < -0.3 is 0 Å². The van der Waals surface area contributed by atoms with E-state index in [9.17, 15) is 13.2 Å². The molecule has 0 aromatic carbocycles. The molecule has 0 N–H and O–H groups in total. The summed E-state index contributed by atoms with van der Waals surface area (Å²) in [6, 6.07) is 3.71. The van der Waals surface area contributed by atoms with Crippen LogP contribution in [-0.2, 0) is 0 Å². The third-order valence-electron chi connectivity index (χ3n) is 2.95. The molecule has 0 aliphatic heterocycles. The topological polar surface area (TPSA) is 12.9 Å². The second kappa shape index (κ2) is 6.03. The molecule has 1 aromatic rings. The monoisotopic (exact) mass is 257 g/mol.